The van der Waals surface area contributed by atoms with Gasteiger partial charge in [0.25, 0.3) is 5.91 Å². The third-order valence-corrected chi connectivity index (χ3v) is 3.88. The van der Waals surface area contributed by atoms with Crippen molar-refractivity contribution in [3.8, 4) is 6.07 Å². The quantitative estimate of drug-likeness (QED) is 0.835. The van der Waals surface area contributed by atoms with Crippen LogP contribution in [0.5, 0.6) is 0 Å². The van der Waals surface area contributed by atoms with Gasteiger partial charge in [-0.05, 0) is 25.0 Å². The fraction of sp³-hybridized carbons (Fsp3) is 0.500. The zero-order chi connectivity index (χ0) is 16.0. The van der Waals surface area contributed by atoms with E-state index in [4.69, 9.17) is 11.6 Å². The topological polar surface area (TPSA) is 57.3 Å². The van der Waals surface area contributed by atoms with Crippen LogP contribution in [0.25, 0.3) is 0 Å². The third-order valence-electron chi connectivity index (χ3n) is 3.64. The average Bonchev–Trinajstić information content (AvgIpc) is 2.37. The van der Waals surface area contributed by atoms with Crippen LogP contribution in [0.3, 0.4) is 0 Å². The summed E-state index contributed by atoms with van der Waals surface area (Å²) < 4.78 is 0. The van der Waals surface area contributed by atoms with Crippen LogP contribution in [0.1, 0.15) is 26.3 Å². The molecule has 1 unspecified atom stereocenters. The van der Waals surface area contributed by atoms with E-state index in [0.717, 1.165) is 10.5 Å². The third kappa shape index (κ3) is 5.37. The molecule has 114 valence electrons. The van der Waals surface area contributed by atoms with Gasteiger partial charge in [0.2, 0.25) is 0 Å². The first-order valence-electron chi connectivity index (χ1n) is 7.05. The van der Waals surface area contributed by atoms with Crippen LogP contribution in [0.15, 0.2) is 24.3 Å². The van der Waals surface area contributed by atoms with E-state index in [-0.39, 0.29) is 11.8 Å². The van der Waals surface area contributed by atoms with E-state index in [9.17, 15) is 10.1 Å². The maximum absolute atomic E-state index is 12.1. The molecule has 21 heavy (non-hydrogen) atoms. The van der Waals surface area contributed by atoms with E-state index < -0.39 is 5.54 Å². The monoisotopic (exact) mass is 308 g/mol. The van der Waals surface area contributed by atoms with E-state index in [0.29, 0.717) is 18.1 Å². The van der Waals surface area contributed by atoms with Crippen molar-refractivity contribution < 1.29 is 9.69 Å². The van der Waals surface area contributed by atoms with Crippen LogP contribution < -0.4 is 10.2 Å². The van der Waals surface area contributed by atoms with Crippen LogP contribution in [0.2, 0.25) is 5.02 Å². The Morgan fingerprint density at radius 2 is 2.19 bits per heavy atom. The summed E-state index contributed by atoms with van der Waals surface area (Å²) >= 11 is 5.95. The molecule has 0 aliphatic rings. The molecule has 0 fully saturated rings. The Morgan fingerprint density at radius 3 is 2.71 bits per heavy atom. The van der Waals surface area contributed by atoms with Crippen molar-refractivity contribution in [3.63, 3.8) is 0 Å². The molecule has 2 N–H and O–H groups in total. The van der Waals surface area contributed by atoms with Crippen LogP contribution in [-0.2, 0) is 11.3 Å². The van der Waals surface area contributed by atoms with Gasteiger partial charge < -0.3 is 10.2 Å². The van der Waals surface area contributed by atoms with Crippen molar-refractivity contribution in [1.29, 1.82) is 5.26 Å². The first-order chi connectivity index (χ1) is 9.76. The average molecular weight is 309 g/mol. The fourth-order valence-corrected chi connectivity index (χ4v) is 2.18. The second-order valence-corrected chi connectivity index (χ2v) is 6.39. The van der Waals surface area contributed by atoms with Gasteiger partial charge in [0.1, 0.15) is 12.1 Å². The summed E-state index contributed by atoms with van der Waals surface area (Å²) in [5.74, 6) is -0.0630. The summed E-state index contributed by atoms with van der Waals surface area (Å²) in [6.45, 7) is 6.62. The second kappa shape index (κ2) is 7.44. The molecule has 1 amide bonds. The first kappa shape index (κ1) is 17.5. The molecule has 0 saturated carbocycles. The van der Waals surface area contributed by atoms with E-state index >= 15 is 0 Å². The van der Waals surface area contributed by atoms with Crippen molar-refractivity contribution >= 4 is 17.5 Å². The zero-order valence-electron chi connectivity index (χ0n) is 13.0. The van der Waals surface area contributed by atoms with Gasteiger partial charge in [0.05, 0.1) is 13.1 Å². The Labute approximate surface area is 131 Å². The second-order valence-electron chi connectivity index (χ2n) is 5.96. The highest BCUT2D eigenvalue weighted by Gasteiger charge is 2.30. The van der Waals surface area contributed by atoms with Crippen molar-refractivity contribution in [1.82, 2.24) is 5.32 Å². The molecule has 0 heterocycles. The highest BCUT2D eigenvalue weighted by atomic mass is 35.5. The lowest BCUT2D eigenvalue weighted by Crippen LogP contribution is -3.09. The largest absolute Gasteiger partial charge is 0.333 e. The molecule has 2 atom stereocenters. The lowest BCUT2D eigenvalue weighted by atomic mass is 9.90. The van der Waals surface area contributed by atoms with Crippen LogP contribution >= 0.6 is 11.6 Å². The molecule has 1 aromatic rings. The van der Waals surface area contributed by atoms with Crippen molar-refractivity contribution in [2.24, 2.45) is 5.92 Å². The molecular weight excluding hydrogens is 286 g/mol. The maximum atomic E-state index is 12.1. The normalized spacial score (nSPS) is 15.1. The summed E-state index contributed by atoms with van der Waals surface area (Å²) in [6.07, 6.45) is 0. The summed E-state index contributed by atoms with van der Waals surface area (Å²) in [7, 11) is 1.94. The maximum Gasteiger partial charge on any atom is 0.276 e. The standard InChI is InChI=1S/C16H22ClN3O/c1-12(2)16(3,11-18)19-15(21)10-20(4)9-13-6-5-7-14(17)8-13/h5-8,12H,9-10H2,1-4H3,(H,19,21)/p+1/t16-/m0/s1. The molecule has 4 nitrogen and oxygen atoms in total. The molecule has 0 spiro atoms. The predicted octanol–water partition coefficient (Wildman–Crippen LogP) is 1.41. The Balaban J connectivity index is 2.57. The van der Waals surface area contributed by atoms with E-state index in [2.05, 4.69) is 11.4 Å². The van der Waals surface area contributed by atoms with Crippen molar-refractivity contribution in [3.05, 3.63) is 34.9 Å². The fourth-order valence-electron chi connectivity index (χ4n) is 1.97. The minimum Gasteiger partial charge on any atom is -0.333 e. The number of nitrogens with zero attached hydrogens (tertiary/aromatic N) is 1. The van der Waals surface area contributed by atoms with E-state index in [1.54, 1.807) is 6.92 Å². The lowest BCUT2D eigenvalue weighted by Gasteiger charge is -2.27. The van der Waals surface area contributed by atoms with E-state index in [1.165, 1.54) is 0 Å². The summed E-state index contributed by atoms with van der Waals surface area (Å²) in [5.41, 5.74) is 0.257. The molecule has 0 aromatic heterocycles. The number of nitriles is 1. The Morgan fingerprint density at radius 1 is 1.52 bits per heavy atom. The van der Waals surface area contributed by atoms with Gasteiger partial charge in [-0.2, -0.15) is 5.26 Å². The number of quaternary nitrogens is 1. The smallest absolute Gasteiger partial charge is 0.276 e. The molecule has 0 saturated heterocycles. The molecule has 0 aliphatic carbocycles. The van der Waals surface area contributed by atoms with Gasteiger partial charge in [0.15, 0.2) is 6.54 Å². The van der Waals surface area contributed by atoms with Gasteiger partial charge in [0, 0.05) is 10.6 Å². The minimum absolute atomic E-state index is 0.0553. The number of hydrogen-bond acceptors (Lipinski definition) is 2. The summed E-state index contributed by atoms with van der Waals surface area (Å²) in [4.78, 5) is 13.1. The molecule has 5 heteroatoms. The van der Waals surface area contributed by atoms with Gasteiger partial charge in [-0.25, -0.2) is 0 Å². The van der Waals surface area contributed by atoms with Gasteiger partial charge in [-0.1, -0.05) is 37.6 Å². The van der Waals surface area contributed by atoms with Crippen LogP contribution in [0, 0.1) is 17.2 Å². The number of carbonyl (C=O) groups is 1. The first-order valence-corrected chi connectivity index (χ1v) is 7.42. The number of amides is 1. The van der Waals surface area contributed by atoms with Crippen LogP contribution in [0.4, 0.5) is 0 Å². The number of benzene rings is 1. The highest BCUT2D eigenvalue weighted by Crippen LogP contribution is 2.14. The molecular formula is C16H23ClN3O+. The van der Waals surface area contributed by atoms with Gasteiger partial charge >= 0.3 is 0 Å². The van der Waals surface area contributed by atoms with E-state index in [1.807, 2.05) is 45.2 Å². The van der Waals surface area contributed by atoms with Crippen molar-refractivity contribution in [2.75, 3.05) is 13.6 Å². The summed E-state index contributed by atoms with van der Waals surface area (Å²) in [5, 5.41) is 12.7. The number of carbonyl (C=O) groups excluding carboxylic acids is 1. The lowest BCUT2D eigenvalue weighted by molar-refractivity contribution is -0.885. The SMILES string of the molecule is CC(C)[C@](C)(C#N)NC(=O)C[NH+](C)Cc1cccc(Cl)c1. The molecule has 0 radical (unpaired) electrons. The number of halogens is 1. The number of likely N-dealkylation sites (N-methyl/N-ethyl adjacent to an activating group) is 1. The molecule has 1 rings (SSSR count). The highest BCUT2D eigenvalue weighted by molar-refractivity contribution is 6.30. The number of rotatable bonds is 6. The predicted molar refractivity (Wildman–Crippen MR) is 83.9 cm³/mol. The van der Waals surface area contributed by atoms with Gasteiger partial charge in [-0.3, -0.25) is 4.79 Å². The zero-order valence-corrected chi connectivity index (χ0v) is 13.8. The van der Waals surface area contributed by atoms with Crippen LogP contribution in [-0.4, -0.2) is 25.0 Å². The summed E-state index contributed by atoms with van der Waals surface area (Å²) in [6, 6.07) is 9.79. The van der Waals surface area contributed by atoms with Crippen molar-refractivity contribution in [2.45, 2.75) is 32.9 Å². The number of hydrogen-bond donors (Lipinski definition) is 2. The Bertz CT molecular complexity index is 539. The molecule has 0 aliphatic heterocycles. The Hall–Kier alpha value is -1.57. The minimum atomic E-state index is -0.826. The molecule has 1 aromatic carbocycles. The Kier molecular flexibility index (Phi) is 6.19. The molecule has 0 bridgehead atoms. The van der Waals surface area contributed by atoms with Gasteiger partial charge in [-0.15, -0.1) is 0 Å². The number of nitrogens with one attached hydrogen (secondary N) is 2.